The molecule has 3 aliphatic rings. The van der Waals surface area contributed by atoms with Gasteiger partial charge in [-0.1, -0.05) is 0 Å². The van der Waals surface area contributed by atoms with Crippen LogP contribution in [0.25, 0.3) is 0 Å². The number of anilines is 1. The van der Waals surface area contributed by atoms with Crippen LogP contribution in [0.4, 0.5) is 5.95 Å². The highest BCUT2D eigenvalue weighted by molar-refractivity contribution is 7.90. The Labute approximate surface area is 131 Å². The van der Waals surface area contributed by atoms with Gasteiger partial charge >= 0.3 is 0 Å². The summed E-state index contributed by atoms with van der Waals surface area (Å²) in [7, 11) is -3.04. The van der Waals surface area contributed by atoms with Crippen molar-refractivity contribution in [2.75, 3.05) is 31.1 Å². The molecule has 0 radical (unpaired) electrons. The molecule has 120 valence electrons. The Balaban J connectivity index is 1.50. The van der Waals surface area contributed by atoms with E-state index < -0.39 is 10.0 Å². The van der Waals surface area contributed by atoms with Gasteiger partial charge in [-0.2, -0.15) is 0 Å². The van der Waals surface area contributed by atoms with Crippen molar-refractivity contribution < 1.29 is 8.42 Å². The molecule has 4 rings (SSSR count). The molecule has 1 saturated carbocycles. The average molecular weight is 322 g/mol. The molecule has 1 atom stereocenters. The van der Waals surface area contributed by atoms with E-state index in [1.807, 2.05) is 6.07 Å². The van der Waals surface area contributed by atoms with Crippen LogP contribution in [0.15, 0.2) is 18.5 Å². The number of hydrogen-bond donors (Lipinski definition) is 0. The Morgan fingerprint density at radius 1 is 1.09 bits per heavy atom. The molecule has 1 aromatic heterocycles. The summed E-state index contributed by atoms with van der Waals surface area (Å²) < 4.78 is 26.7. The van der Waals surface area contributed by atoms with E-state index in [0.29, 0.717) is 13.1 Å². The van der Waals surface area contributed by atoms with Crippen molar-refractivity contribution in [1.29, 1.82) is 0 Å². The fourth-order valence-corrected chi connectivity index (χ4v) is 5.81. The van der Waals surface area contributed by atoms with Crippen molar-refractivity contribution in [1.82, 2.24) is 14.3 Å². The highest BCUT2D eigenvalue weighted by atomic mass is 32.2. The molecule has 2 saturated heterocycles. The smallest absolute Gasteiger partial charge is 0.225 e. The van der Waals surface area contributed by atoms with Crippen LogP contribution in [0.5, 0.6) is 0 Å². The molecule has 0 unspecified atom stereocenters. The molecule has 0 aromatic carbocycles. The van der Waals surface area contributed by atoms with Crippen molar-refractivity contribution in [2.24, 2.45) is 5.41 Å². The van der Waals surface area contributed by atoms with Gasteiger partial charge in [-0.25, -0.2) is 22.7 Å². The average Bonchev–Trinajstić information content (AvgIpc) is 3.32. The van der Waals surface area contributed by atoms with E-state index in [1.54, 1.807) is 16.7 Å². The lowest BCUT2D eigenvalue weighted by Crippen LogP contribution is -2.46. The second-order valence-electron chi connectivity index (χ2n) is 6.90. The molecule has 22 heavy (non-hydrogen) atoms. The number of hydrogen-bond acceptors (Lipinski definition) is 5. The van der Waals surface area contributed by atoms with Gasteiger partial charge in [0.2, 0.25) is 16.0 Å². The van der Waals surface area contributed by atoms with Crippen molar-refractivity contribution in [3.8, 4) is 0 Å². The van der Waals surface area contributed by atoms with Crippen LogP contribution < -0.4 is 4.90 Å². The first-order valence-electron chi connectivity index (χ1n) is 8.10. The van der Waals surface area contributed by atoms with E-state index >= 15 is 0 Å². The normalized spacial score (nSPS) is 30.1. The van der Waals surface area contributed by atoms with Gasteiger partial charge in [-0.3, -0.25) is 0 Å². The van der Waals surface area contributed by atoms with Gasteiger partial charge in [0.25, 0.3) is 0 Å². The summed E-state index contributed by atoms with van der Waals surface area (Å²) in [6, 6.07) is 1.82. The SMILES string of the molecule is O=S(=O)(C1CC1)N1CC[C@]2(CCCN(c3ncccn3)C2)C1. The first-order chi connectivity index (χ1) is 10.6. The van der Waals surface area contributed by atoms with Crippen LogP contribution >= 0.6 is 0 Å². The maximum absolute atomic E-state index is 12.5. The van der Waals surface area contributed by atoms with E-state index in [0.717, 1.165) is 51.1 Å². The van der Waals surface area contributed by atoms with Crippen molar-refractivity contribution >= 4 is 16.0 Å². The first-order valence-corrected chi connectivity index (χ1v) is 9.60. The topological polar surface area (TPSA) is 66.4 Å². The summed E-state index contributed by atoms with van der Waals surface area (Å²) in [5, 5.41) is -0.0974. The lowest BCUT2D eigenvalue weighted by molar-refractivity contribution is 0.246. The molecule has 7 heteroatoms. The quantitative estimate of drug-likeness (QED) is 0.838. The zero-order valence-electron chi connectivity index (χ0n) is 12.7. The molecular weight excluding hydrogens is 300 g/mol. The summed E-state index contributed by atoms with van der Waals surface area (Å²) in [5.74, 6) is 0.769. The maximum atomic E-state index is 12.5. The Hall–Kier alpha value is -1.21. The minimum atomic E-state index is -3.04. The molecular formula is C15H22N4O2S. The number of aromatic nitrogens is 2. The van der Waals surface area contributed by atoms with Crippen molar-refractivity contribution in [3.63, 3.8) is 0 Å². The molecule has 1 aromatic rings. The van der Waals surface area contributed by atoms with E-state index in [2.05, 4.69) is 14.9 Å². The Bertz CT molecular complexity index is 647. The van der Waals surface area contributed by atoms with Crippen molar-refractivity contribution in [3.05, 3.63) is 18.5 Å². The second-order valence-corrected chi connectivity index (χ2v) is 9.11. The molecule has 6 nitrogen and oxygen atoms in total. The molecule has 0 bridgehead atoms. The first kappa shape index (κ1) is 14.4. The number of rotatable bonds is 3. The second kappa shape index (κ2) is 5.16. The minimum absolute atomic E-state index is 0.0827. The summed E-state index contributed by atoms with van der Waals surface area (Å²) >= 11 is 0. The molecule has 3 fully saturated rings. The predicted octanol–water partition coefficient (Wildman–Crippen LogP) is 1.26. The monoisotopic (exact) mass is 322 g/mol. The third-order valence-corrected chi connectivity index (χ3v) is 7.55. The number of nitrogens with zero attached hydrogens (tertiary/aromatic N) is 4. The van der Waals surface area contributed by atoms with Crippen molar-refractivity contribution in [2.45, 2.75) is 37.4 Å². The predicted molar refractivity (Wildman–Crippen MR) is 84.0 cm³/mol. The summed E-state index contributed by atoms with van der Waals surface area (Å²) in [4.78, 5) is 10.9. The third kappa shape index (κ3) is 2.50. The van der Waals surface area contributed by atoms with E-state index in [4.69, 9.17) is 0 Å². The zero-order chi connectivity index (χ0) is 15.2. The lowest BCUT2D eigenvalue weighted by Gasteiger charge is -2.40. The standard InChI is InChI=1S/C15H22N4O2S/c20-22(21,13-3-4-13)19-10-6-15(12-19)5-1-9-18(11-15)14-16-7-2-8-17-14/h2,7-8,13H,1,3-6,9-12H2/t15-/m0/s1. The van der Waals surface area contributed by atoms with E-state index in [1.165, 1.54) is 0 Å². The third-order valence-electron chi connectivity index (χ3n) is 5.21. The van der Waals surface area contributed by atoms with Gasteiger partial charge in [-0.05, 0) is 38.2 Å². The van der Waals surface area contributed by atoms with Gasteiger partial charge in [0.1, 0.15) is 0 Å². The van der Waals surface area contributed by atoms with Crippen LogP contribution in [-0.4, -0.2) is 54.1 Å². The Morgan fingerprint density at radius 2 is 1.86 bits per heavy atom. The molecule has 2 aliphatic heterocycles. The van der Waals surface area contributed by atoms with Gasteiger partial charge in [0, 0.05) is 44.0 Å². The van der Waals surface area contributed by atoms with Crippen LogP contribution in [0.2, 0.25) is 0 Å². The van der Waals surface area contributed by atoms with Gasteiger partial charge in [0.05, 0.1) is 5.25 Å². The molecule has 0 amide bonds. The maximum Gasteiger partial charge on any atom is 0.225 e. The number of piperidine rings is 1. The highest BCUT2D eigenvalue weighted by Gasteiger charge is 2.49. The van der Waals surface area contributed by atoms with E-state index in [9.17, 15) is 8.42 Å². The lowest BCUT2D eigenvalue weighted by atomic mass is 9.79. The van der Waals surface area contributed by atoms with Gasteiger partial charge in [0.15, 0.2) is 0 Å². The fourth-order valence-electron chi connectivity index (χ4n) is 3.85. The molecule has 3 heterocycles. The van der Waals surface area contributed by atoms with Gasteiger partial charge < -0.3 is 4.90 Å². The van der Waals surface area contributed by atoms with E-state index in [-0.39, 0.29) is 10.7 Å². The Kier molecular flexibility index (Phi) is 3.38. The summed E-state index contributed by atoms with van der Waals surface area (Å²) in [6.07, 6.45) is 8.36. The van der Waals surface area contributed by atoms with Gasteiger partial charge in [-0.15, -0.1) is 0 Å². The van der Waals surface area contributed by atoms with Crippen LogP contribution in [0.1, 0.15) is 32.1 Å². The Morgan fingerprint density at radius 3 is 2.59 bits per heavy atom. The fraction of sp³-hybridized carbons (Fsp3) is 0.733. The molecule has 1 spiro atoms. The largest absolute Gasteiger partial charge is 0.340 e. The minimum Gasteiger partial charge on any atom is -0.340 e. The molecule has 0 N–H and O–H groups in total. The van der Waals surface area contributed by atoms with Crippen LogP contribution in [0.3, 0.4) is 0 Å². The van der Waals surface area contributed by atoms with Crippen LogP contribution in [-0.2, 0) is 10.0 Å². The zero-order valence-corrected chi connectivity index (χ0v) is 13.5. The summed E-state index contributed by atoms with van der Waals surface area (Å²) in [5.41, 5.74) is 0.0827. The van der Waals surface area contributed by atoms with Crippen LogP contribution in [0, 0.1) is 5.41 Å². The molecule has 1 aliphatic carbocycles. The highest BCUT2D eigenvalue weighted by Crippen LogP contribution is 2.43. The summed E-state index contributed by atoms with van der Waals surface area (Å²) in [6.45, 7) is 3.19. The number of sulfonamides is 1.